The first kappa shape index (κ1) is 15.7. The zero-order valence-corrected chi connectivity index (χ0v) is 12.5. The fourth-order valence-electron chi connectivity index (χ4n) is 1.58. The van der Waals surface area contributed by atoms with Crippen LogP contribution in [0.2, 0.25) is 0 Å². The summed E-state index contributed by atoms with van der Waals surface area (Å²) in [4.78, 5) is 21.2. The van der Waals surface area contributed by atoms with E-state index >= 15 is 0 Å². The van der Waals surface area contributed by atoms with Gasteiger partial charge in [0.15, 0.2) is 5.00 Å². The molecule has 11 heteroatoms. The van der Waals surface area contributed by atoms with Crippen LogP contribution in [-0.2, 0) is 14.8 Å². The van der Waals surface area contributed by atoms with E-state index < -0.39 is 20.6 Å². The van der Waals surface area contributed by atoms with Crippen LogP contribution in [-0.4, -0.2) is 32.3 Å². The second kappa shape index (κ2) is 5.95. The Hall–Kier alpha value is -1.72. The van der Waals surface area contributed by atoms with E-state index in [-0.39, 0.29) is 34.1 Å². The van der Waals surface area contributed by atoms with E-state index in [9.17, 15) is 23.3 Å². The molecule has 21 heavy (non-hydrogen) atoms. The van der Waals surface area contributed by atoms with Crippen LogP contribution in [0.5, 0.6) is 0 Å². The first-order valence-electron chi connectivity index (χ1n) is 6.12. The molecule has 1 aromatic heterocycles. The predicted octanol–water partition coefficient (Wildman–Crippen LogP) is 0.0430. The van der Waals surface area contributed by atoms with Gasteiger partial charge in [0, 0.05) is 25.1 Å². The SMILES string of the molecule is Nc1sc(S(=O)(=O)NCCNC(=O)C2CC2)cc1[N+](=O)[O-]. The Bertz CT molecular complexity index is 665. The minimum absolute atomic E-state index is 0.00634. The lowest BCUT2D eigenvalue weighted by molar-refractivity contribution is -0.383. The third-order valence-corrected chi connectivity index (χ3v) is 5.73. The van der Waals surface area contributed by atoms with Crippen LogP contribution >= 0.6 is 11.3 Å². The van der Waals surface area contributed by atoms with Crippen molar-refractivity contribution in [3.63, 3.8) is 0 Å². The Morgan fingerprint density at radius 2 is 2.14 bits per heavy atom. The number of amides is 1. The average Bonchev–Trinajstić information content (AvgIpc) is 3.16. The molecule has 0 aromatic carbocycles. The highest BCUT2D eigenvalue weighted by Crippen LogP contribution is 2.34. The van der Waals surface area contributed by atoms with Crippen LogP contribution in [0, 0.1) is 16.0 Å². The number of nitrogens with two attached hydrogens (primary N) is 1. The molecule has 4 N–H and O–H groups in total. The van der Waals surface area contributed by atoms with Gasteiger partial charge in [-0.15, -0.1) is 0 Å². The second-order valence-electron chi connectivity index (χ2n) is 4.54. The molecule has 1 amide bonds. The van der Waals surface area contributed by atoms with E-state index in [1.165, 1.54) is 0 Å². The topological polar surface area (TPSA) is 144 Å². The summed E-state index contributed by atoms with van der Waals surface area (Å²) in [5, 5.41) is 13.1. The van der Waals surface area contributed by atoms with Crippen molar-refractivity contribution in [1.29, 1.82) is 0 Å². The molecule has 116 valence electrons. The van der Waals surface area contributed by atoms with Gasteiger partial charge in [-0.2, -0.15) is 0 Å². The van der Waals surface area contributed by atoms with E-state index in [4.69, 9.17) is 5.73 Å². The molecular weight excluding hydrogens is 320 g/mol. The number of nitrogen functional groups attached to an aromatic ring is 1. The largest absolute Gasteiger partial charge is 0.385 e. The van der Waals surface area contributed by atoms with Gasteiger partial charge in [-0.1, -0.05) is 11.3 Å². The number of anilines is 1. The Morgan fingerprint density at radius 1 is 1.48 bits per heavy atom. The van der Waals surface area contributed by atoms with Crippen molar-refractivity contribution in [1.82, 2.24) is 10.0 Å². The van der Waals surface area contributed by atoms with E-state index in [0.29, 0.717) is 11.3 Å². The fourth-order valence-corrected chi connectivity index (χ4v) is 3.87. The lowest BCUT2D eigenvalue weighted by atomic mass is 10.4. The van der Waals surface area contributed by atoms with Crippen molar-refractivity contribution in [2.75, 3.05) is 18.8 Å². The molecule has 1 heterocycles. The summed E-state index contributed by atoms with van der Waals surface area (Å²) < 4.78 is 25.9. The number of nitrogens with one attached hydrogen (secondary N) is 2. The first-order valence-corrected chi connectivity index (χ1v) is 8.42. The van der Waals surface area contributed by atoms with Gasteiger partial charge in [0.1, 0.15) is 4.21 Å². The maximum atomic E-state index is 11.9. The van der Waals surface area contributed by atoms with Crippen molar-refractivity contribution in [3.05, 3.63) is 16.2 Å². The van der Waals surface area contributed by atoms with Gasteiger partial charge in [-0.3, -0.25) is 14.9 Å². The number of nitrogens with zero attached hydrogens (tertiary/aromatic N) is 1. The molecule has 1 aliphatic rings. The lowest BCUT2D eigenvalue weighted by Gasteiger charge is -2.05. The Labute approximate surface area is 124 Å². The van der Waals surface area contributed by atoms with E-state index in [1.807, 2.05) is 0 Å². The summed E-state index contributed by atoms with van der Waals surface area (Å²) in [6.45, 7) is 0.171. The first-order chi connectivity index (χ1) is 9.81. The molecule has 1 saturated carbocycles. The minimum Gasteiger partial charge on any atom is -0.385 e. The molecule has 0 aliphatic heterocycles. The second-order valence-corrected chi connectivity index (χ2v) is 7.61. The molecule has 1 aliphatic carbocycles. The molecule has 0 atom stereocenters. The van der Waals surface area contributed by atoms with Gasteiger partial charge in [-0.25, -0.2) is 13.1 Å². The molecule has 0 spiro atoms. The number of carbonyl (C=O) groups excluding carboxylic acids is 1. The molecule has 0 saturated heterocycles. The van der Waals surface area contributed by atoms with Crippen LogP contribution in [0.1, 0.15) is 12.8 Å². The molecule has 0 radical (unpaired) electrons. The van der Waals surface area contributed by atoms with E-state index in [1.54, 1.807) is 0 Å². The minimum atomic E-state index is -3.87. The zero-order valence-electron chi connectivity index (χ0n) is 10.9. The van der Waals surface area contributed by atoms with Crippen LogP contribution in [0.15, 0.2) is 10.3 Å². The molecule has 0 unspecified atom stereocenters. The third-order valence-electron chi connectivity index (χ3n) is 2.84. The van der Waals surface area contributed by atoms with Crippen LogP contribution < -0.4 is 15.8 Å². The third kappa shape index (κ3) is 3.89. The van der Waals surface area contributed by atoms with Crippen molar-refractivity contribution in [3.8, 4) is 0 Å². The van der Waals surface area contributed by atoms with Gasteiger partial charge < -0.3 is 11.1 Å². The highest BCUT2D eigenvalue weighted by molar-refractivity contribution is 7.91. The molecule has 1 fully saturated rings. The standard InChI is InChI=1S/C10H14N4O5S2/c11-9-7(14(16)17)5-8(20-9)21(18,19)13-4-3-12-10(15)6-1-2-6/h5-6,13H,1-4,11H2,(H,12,15). The van der Waals surface area contributed by atoms with Crippen LogP contribution in [0.4, 0.5) is 10.7 Å². The summed E-state index contributed by atoms with van der Waals surface area (Å²) >= 11 is 0.627. The van der Waals surface area contributed by atoms with E-state index in [0.717, 1.165) is 18.9 Å². The summed E-state index contributed by atoms with van der Waals surface area (Å²) in [7, 11) is -3.87. The average molecular weight is 334 g/mol. The Balaban J connectivity index is 1.90. The number of sulfonamides is 1. The Morgan fingerprint density at radius 3 is 2.67 bits per heavy atom. The quantitative estimate of drug-likeness (QED) is 0.365. The smallest absolute Gasteiger partial charge is 0.304 e. The van der Waals surface area contributed by atoms with Crippen LogP contribution in [0.25, 0.3) is 0 Å². The number of thiophene rings is 1. The molecule has 9 nitrogen and oxygen atoms in total. The molecule has 2 rings (SSSR count). The van der Waals surface area contributed by atoms with Crippen molar-refractivity contribution >= 4 is 38.0 Å². The number of hydrogen-bond donors (Lipinski definition) is 3. The maximum absolute atomic E-state index is 11.9. The van der Waals surface area contributed by atoms with Crippen molar-refractivity contribution < 1.29 is 18.1 Å². The highest BCUT2D eigenvalue weighted by Gasteiger charge is 2.29. The van der Waals surface area contributed by atoms with Gasteiger partial charge >= 0.3 is 5.69 Å². The number of nitro groups is 1. The summed E-state index contributed by atoms with van der Waals surface area (Å²) in [5.74, 6) is -0.0217. The van der Waals surface area contributed by atoms with E-state index in [2.05, 4.69) is 10.0 Å². The number of hydrogen-bond acceptors (Lipinski definition) is 7. The molecule has 0 bridgehead atoms. The summed E-state index contributed by atoms with van der Waals surface area (Å²) in [5.41, 5.74) is 4.97. The highest BCUT2D eigenvalue weighted by atomic mass is 32.2. The summed E-state index contributed by atoms with van der Waals surface area (Å²) in [6, 6.07) is 0.922. The van der Waals surface area contributed by atoms with Gasteiger partial charge in [0.2, 0.25) is 15.9 Å². The van der Waals surface area contributed by atoms with Crippen LogP contribution in [0.3, 0.4) is 0 Å². The van der Waals surface area contributed by atoms with Crippen molar-refractivity contribution in [2.24, 2.45) is 5.92 Å². The predicted molar refractivity (Wildman–Crippen MR) is 76.3 cm³/mol. The fraction of sp³-hybridized carbons (Fsp3) is 0.500. The molecular formula is C10H14N4O5S2. The zero-order chi connectivity index (χ0) is 15.6. The normalized spacial score (nSPS) is 14.9. The lowest BCUT2D eigenvalue weighted by Crippen LogP contribution is -2.35. The molecule has 1 aromatic rings. The Kier molecular flexibility index (Phi) is 4.44. The van der Waals surface area contributed by atoms with Crippen molar-refractivity contribution in [2.45, 2.75) is 17.1 Å². The van der Waals surface area contributed by atoms with Gasteiger partial charge in [-0.05, 0) is 12.8 Å². The van der Waals surface area contributed by atoms with Gasteiger partial charge in [0.25, 0.3) is 0 Å². The number of carbonyl (C=O) groups is 1. The monoisotopic (exact) mass is 334 g/mol. The summed E-state index contributed by atoms with van der Waals surface area (Å²) in [6.07, 6.45) is 1.74. The number of rotatable bonds is 7. The maximum Gasteiger partial charge on any atom is 0.304 e. The van der Waals surface area contributed by atoms with Gasteiger partial charge in [0.05, 0.1) is 4.92 Å².